The lowest BCUT2D eigenvalue weighted by Gasteiger charge is -2.72. The van der Waals surface area contributed by atoms with Gasteiger partial charge in [-0.2, -0.15) is 0 Å². The highest BCUT2D eigenvalue weighted by Crippen LogP contribution is 2.76. The minimum absolute atomic E-state index is 0.0235. The van der Waals surface area contributed by atoms with E-state index in [-0.39, 0.29) is 57.1 Å². The predicted octanol–water partition coefficient (Wildman–Crippen LogP) is 8.11. The summed E-state index contributed by atoms with van der Waals surface area (Å²) in [5, 5.41) is 0. The number of hydrogen-bond acceptors (Lipinski definition) is 5. The number of nitrogens with zero attached hydrogens (tertiary/aromatic N) is 1. The van der Waals surface area contributed by atoms with Crippen LogP contribution in [0.4, 0.5) is 0 Å². The summed E-state index contributed by atoms with van der Waals surface area (Å²) in [5.41, 5.74) is 2.57. The zero-order valence-corrected chi connectivity index (χ0v) is 27.8. The molecule has 0 radical (unpaired) electrons. The third-order valence-corrected chi connectivity index (χ3v) is 14.3. The molecule has 0 saturated heterocycles. The fourth-order valence-corrected chi connectivity index (χ4v) is 12.2. The molecule has 1 heterocycles. The number of esters is 1. The van der Waals surface area contributed by atoms with Crippen LogP contribution in [0.1, 0.15) is 119 Å². The number of ketones is 2. The highest BCUT2D eigenvalue weighted by molar-refractivity contribution is 6.07. The second-order valence-corrected chi connectivity index (χ2v) is 16.7. The van der Waals surface area contributed by atoms with E-state index in [0.29, 0.717) is 24.7 Å². The Morgan fingerprint density at radius 2 is 1.67 bits per heavy atom. The molecule has 5 aliphatic rings. The summed E-state index contributed by atoms with van der Waals surface area (Å²) in [6, 6.07) is 5.77. The molecule has 43 heavy (non-hydrogen) atoms. The van der Waals surface area contributed by atoms with Gasteiger partial charge in [-0.05, 0) is 115 Å². The van der Waals surface area contributed by atoms with Crippen molar-refractivity contribution in [2.75, 3.05) is 0 Å². The van der Waals surface area contributed by atoms with Gasteiger partial charge in [-0.3, -0.25) is 19.4 Å². The van der Waals surface area contributed by atoms with Crippen molar-refractivity contribution < 1.29 is 19.1 Å². The van der Waals surface area contributed by atoms with Gasteiger partial charge in [0.25, 0.3) is 0 Å². The van der Waals surface area contributed by atoms with E-state index in [0.717, 1.165) is 62.6 Å². The van der Waals surface area contributed by atoms with Crippen molar-refractivity contribution in [2.24, 2.45) is 50.7 Å². The Labute approximate surface area is 259 Å². The lowest BCUT2D eigenvalue weighted by Crippen LogP contribution is -2.66. The van der Waals surface area contributed by atoms with E-state index < -0.39 is 5.41 Å². The van der Waals surface area contributed by atoms with Crippen LogP contribution in [0.2, 0.25) is 0 Å². The molecular weight excluding hydrogens is 534 g/mol. The number of fused-ring (bicyclic) bond motifs is 7. The van der Waals surface area contributed by atoms with Crippen LogP contribution in [0, 0.1) is 50.7 Å². The van der Waals surface area contributed by atoms with Gasteiger partial charge in [0.15, 0.2) is 5.78 Å². The molecule has 6 rings (SSSR count). The fraction of sp³-hybridized carbons (Fsp3) is 0.737. The molecule has 0 spiro atoms. The minimum Gasteiger partial charge on any atom is -0.462 e. The maximum Gasteiger partial charge on any atom is 0.302 e. The Balaban J connectivity index is 1.39. The quantitative estimate of drug-likeness (QED) is 0.325. The van der Waals surface area contributed by atoms with E-state index in [9.17, 15) is 14.4 Å². The predicted molar refractivity (Wildman–Crippen MR) is 168 cm³/mol. The number of pyridine rings is 1. The molecular formula is C38H53NO4. The molecule has 1 aromatic rings. The Morgan fingerprint density at radius 3 is 2.33 bits per heavy atom. The Kier molecular flexibility index (Phi) is 7.22. The smallest absolute Gasteiger partial charge is 0.302 e. The van der Waals surface area contributed by atoms with Gasteiger partial charge in [0.05, 0.1) is 5.41 Å². The lowest BCUT2D eigenvalue weighted by atomic mass is 9.33. The van der Waals surface area contributed by atoms with Crippen LogP contribution in [0.25, 0.3) is 0 Å². The molecule has 1 aromatic heterocycles. The molecule has 5 aliphatic carbocycles. The van der Waals surface area contributed by atoms with Gasteiger partial charge in [0.2, 0.25) is 0 Å². The van der Waals surface area contributed by atoms with Crippen LogP contribution in [-0.2, 0) is 25.5 Å². The number of Topliss-reactive ketones (excluding diaryl/α,β-unsaturated/α-hetero) is 2. The first-order valence-corrected chi connectivity index (χ1v) is 17.0. The van der Waals surface area contributed by atoms with E-state index in [1.54, 1.807) is 13.1 Å². The van der Waals surface area contributed by atoms with Crippen molar-refractivity contribution in [3.8, 4) is 0 Å². The number of ether oxygens (including phenoxy) is 1. The minimum atomic E-state index is -0.674. The van der Waals surface area contributed by atoms with Gasteiger partial charge in [-0.15, -0.1) is 0 Å². The van der Waals surface area contributed by atoms with Gasteiger partial charge in [0.1, 0.15) is 11.9 Å². The van der Waals surface area contributed by atoms with Crippen LogP contribution in [0.5, 0.6) is 0 Å². The summed E-state index contributed by atoms with van der Waals surface area (Å²) in [6.07, 6.45) is 10.6. The monoisotopic (exact) mass is 587 g/mol. The van der Waals surface area contributed by atoms with Crippen LogP contribution in [0.3, 0.4) is 0 Å². The van der Waals surface area contributed by atoms with Crippen molar-refractivity contribution in [3.63, 3.8) is 0 Å². The summed E-state index contributed by atoms with van der Waals surface area (Å²) in [6.45, 7) is 18.2. The van der Waals surface area contributed by atoms with Crippen molar-refractivity contribution in [1.82, 2.24) is 4.98 Å². The number of carbonyl (C=O) groups excluding carboxylic acids is 3. The summed E-state index contributed by atoms with van der Waals surface area (Å²) in [7, 11) is 0. The van der Waals surface area contributed by atoms with Crippen LogP contribution >= 0.6 is 0 Å². The van der Waals surface area contributed by atoms with Crippen LogP contribution < -0.4 is 0 Å². The van der Waals surface area contributed by atoms with E-state index in [4.69, 9.17) is 4.74 Å². The molecule has 0 bridgehead atoms. The fourth-order valence-electron chi connectivity index (χ4n) is 12.2. The molecule has 4 saturated carbocycles. The Morgan fingerprint density at radius 1 is 0.930 bits per heavy atom. The average molecular weight is 588 g/mol. The topological polar surface area (TPSA) is 73.3 Å². The average Bonchev–Trinajstić information content (AvgIpc) is 3.24. The summed E-state index contributed by atoms with van der Waals surface area (Å²) < 4.78 is 5.92. The number of hydrogen-bond donors (Lipinski definition) is 0. The molecule has 8 atom stereocenters. The third kappa shape index (κ3) is 4.22. The molecule has 5 heteroatoms. The molecule has 0 unspecified atom stereocenters. The number of carbonyl (C=O) groups is 3. The molecule has 0 aliphatic heterocycles. The summed E-state index contributed by atoms with van der Waals surface area (Å²) >= 11 is 0. The first-order chi connectivity index (χ1) is 20.1. The maximum absolute atomic E-state index is 14.4. The number of rotatable bonds is 5. The zero-order valence-electron chi connectivity index (χ0n) is 27.8. The molecule has 0 amide bonds. The Hall–Kier alpha value is -2.30. The SMILES string of the molecule is CC(=O)O[C@H]1CC[C@]2(C)[C@H]3CC[C@@H]4C5=C(C(C)C)C(=O)C[C@]5(C(=O)Cc5ccccn5)CC[C@@]4(C)[C@]3(C)CC[C@H]2C1(C)C. The van der Waals surface area contributed by atoms with Crippen molar-refractivity contribution in [3.05, 3.63) is 41.2 Å². The summed E-state index contributed by atoms with van der Waals surface area (Å²) in [5.74, 6) is 1.67. The van der Waals surface area contributed by atoms with Gasteiger partial charge in [0, 0.05) is 37.1 Å². The lowest BCUT2D eigenvalue weighted by molar-refractivity contribution is -0.232. The normalized spacial score (nSPS) is 41.7. The largest absolute Gasteiger partial charge is 0.462 e. The Bertz CT molecular complexity index is 1360. The van der Waals surface area contributed by atoms with Crippen LogP contribution in [-0.4, -0.2) is 28.6 Å². The molecule has 234 valence electrons. The van der Waals surface area contributed by atoms with E-state index >= 15 is 0 Å². The van der Waals surface area contributed by atoms with Crippen molar-refractivity contribution in [2.45, 2.75) is 126 Å². The maximum atomic E-state index is 14.4. The molecule has 0 N–H and O–H groups in total. The first-order valence-electron chi connectivity index (χ1n) is 17.0. The van der Waals surface area contributed by atoms with Crippen molar-refractivity contribution >= 4 is 17.5 Å². The molecule has 5 nitrogen and oxygen atoms in total. The highest BCUT2D eigenvalue weighted by Gasteiger charge is 2.70. The number of aromatic nitrogens is 1. The number of allylic oxidation sites excluding steroid dienone is 2. The van der Waals surface area contributed by atoms with Gasteiger partial charge in [-0.25, -0.2) is 0 Å². The highest BCUT2D eigenvalue weighted by atomic mass is 16.5. The van der Waals surface area contributed by atoms with E-state index in [1.165, 1.54) is 5.57 Å². The zero-order chi connectivity index (χ0) is 31.2. The first kappa shape index (κ1) is 30.7. The van der Waals surface area contributed by atoms with E-state index in [2.05, 4.69) is 53.5 Å². The van der Waals surface area contributed by atoms with Gasteiger partial charge >= 0.3 is 5.97 Å². The summed E-state index contributed by atoms with van der Waals surface area (Å²) in [4.78, 5) is 44.7. The van der Waals surface area contributed by atoms with Crippen LogP contribution in [0.15, 0.2) is 35.5 Å². The second-order valence-electron chi connectivity index (χ2n) is 16.7. The third-order valence-electron chi connectivity index (χ3n) is 14.3. The van der Waals surface area contributed by atoms with Gasteiger partial charge < -0.3 is 4.74 Å². The van der Waals surface area contributed by atoms with Gasteiger partial charge in [-0.1, -0.05) is 54.5 Å². The van der Waals surface area contributed by atoms with Crippen molar-refractivity contribution in [1.29, 1.82) is 0 Å². The van der Waals surface area contributed by atoms with E-state index in [1.807, 2.05) is 18.2 Å². The second kappa shape index (κ2) is 10.1. The molecule has 0 aromatic carbocycles. The standard InChI is InChI=1S/C38H53NO4/c1-23(2)32-27(41)22-38(30(42)21-25-11-9-10-20-39-25)19-18-36(7)26(33(32)38)12-13-29-35(6)16-15-31(43-24(3)40)34(4,5)28(35)14-17-37(29,36)8/h9-11,20,23,26,28-29,31H,12-19,21-22H2,1-8H3/t26-,28+,29-,31+,35+,36-,37-,38+/m1/s1. The molecule has 4 fully saturated rings.